The second-order valence-corrected chi connectivity index (χ2v) is 4.67. The first-order valence-electron chi connectivity index (χ1n) is 5.89. The number of rotatable bonds is 6. The average molecular weight is 253 g/mol. The summed E-state index contributed by atoms with van der Waals surface area (Å²) in [5.74, 6) is 0.438. The van der Waals surface area contributed by atoms with Crippen LogP contribution >= 0.6 is 0 Å². The maximum Gasteiger partial charge on any atom is 0.303 e. The van der Waals surface area contributed by atoms with Crippen LogP contribution in [0.25, 0.3) is 0 Å². The molecule has 1 heterocycles. The Bertz CT molecular complexity index is 424. The quantitative estimate of drug-likeness (QED) is 0.842. The molecule has 1 aromatic rings. The van der Waals surface area contributed by atoms with Crippen LogP contribution in [0.2, 0.25) is 0 Å². The van der Waals surface area contributed by atoms with Crippen molar-refractivity contribution < 1.29 is 19.1 Å². The number of nitrogens with zero attached hydrogens (tertiary/aromatic N) is 1. The van der Waals surface area contributed by atoms with Gasteiger partial charge in [-0.05, 0) is 25.0 Å². The fourth-order valence-electron chi connectivity index (χ4n) is 1.72. The van der Waals surface area contributed by atoms with Crippen molar-refractivity contribution in [3.8, 4) is 0 Å². The lowest BCUT2D eigenvalue weighted by atomic mass is 10.0. The zero-order valence-electron chi connectivity index (χ0n) is 11.0. The van der Waals surface area contributed by atoms with Crippen LogP contribution in [0.5, 0.6) is 0 Å². The summed E-state index contributed by atoms with van der Waals surface area (Å²) in [6.07, 6.45) is 0.252. The van der Waals surface area contributed by atoms with Gasteiger partial charge in [0, 0.05) is 19.9 Å². The van der Waals surface area contributed by atoms with E-state index in [1.807, 2.05) is 19.1 Å². The highest BCUT2D eigenvalue weighted by Crippen LogP contribution is 2.13. The molecule has 0 aromatic carbocycles. The Morgan fingerprint density at radius 3 is 2.56 bits per heavy atom. The molecule has 0 spiro atoms. The lowest BCUT2D eigenvalue weighted by molar-refractivity contribution is -0.138. The topological polar surface area (TPSA) is 70.8 Å². The van der Waals surface area contributed by atoms with Crippen molar-refractivity contribution in [1.29, 1.82) is 0 Å². The van der Waals surface area contributed by atoms with Gasteiger partial charge in [-0.1, -0.05) is 6.92 Å². The summed E-state index contributed by atoms with van der Waals surface area (Å²) >= 11 is 0. The van der Waals surface area contributed by atoms with E-state index < -0.39 is 5.97 Å². The van der Waals surface area contributed by atoms with E-state index in [4.69, 9.17) is 9.52 Å². The number of hydrogen-bond acceptors (Lipinski definition) is 3. The molecule has 0 aliphatic heterocycles. The van der Waals surface area contributed by atoms with Crippen molar-refractivity contribution >= 4 is 11.9 Å². The van der Waals surface area contributed by atoms with Gasteiger partial charge in [0.25, 0.3) is 0 Å². The van der Waals surface area contributed by atoms with Gasteiger partial charge in [-0.2, -0.15) is 0 Å². The Morgan fingerprint density at radius 1 is 1.39 bits per heavy atom. The van der Waals surface area contributed by atoms with E-state index >= 15 is 0 Å². The van der Waals surface area contributed by atoms with Gasteiger partial charge in [0.15, 0.2) is 0 Å². The molecule has 0 saturated carbocycles. The molecule has 18 heavy (non-hydrogen) atoms. The highest BCUT2D eigenvalue weighted by atomic mass is 16.4. The van der Waals surface area contributed by atoms with Gasteiger partial charge in [-0.25, -0.2) is 0 Å². The van der Waals surface area contributed by atoms with Crippen LogP contribution in [0.4, 0.5) is 0 Å². The second kappa shape index (κ2) is 6.23. The van der Waals surface area contributed by atoms with E-state index in [1.165, 1.54) is 0 Å². The molecule has 0 aliphatic rings. The summed E-state index contributed by atoms with van der Waals surface area (Å²) in [5, 5.41) is 8.63. The normalized spacial score (nSPS) is 12.2. The predicted octanol–water partition coefficient (Wildman–Crippen LogP) is 2.05. The molecular weight excluding hydrogens is 234 g/mol. The summed E-state index contributed by atoms with van der Waals surface area (Å²) < 4.78 is 5.39. The van der Waals surface area contributed by atoms with Crippen molar-refractivity contribution in [3.63, 3.8) is 0 Å². The molecule has 0 radical (unpaired) electrons. The van der Waals surface area contributed by atoms with Crippen LogP contribution in [0.15, 0.2) is 16.5 Å². The van der Waals surface area contributed by atoms with Crippen LogP contribution in [-0.2, 0) is 16.1 Å². The largest absolute Gasteiger partial charge is 0.481 e. The predicted molar refractivity (Wildman–Crippen MR) is 66.0 cm³/mol. The smallest absolute Gasteiger partial charge is 0.303 e. The SMILES string of the molecule is Cc1ccc(CN(C)C(=O)CC(C)CC(=O)O)o1. The summed E-state index contributed by atoms with van der Waals surface area (Å²) in [6.45, 7) is 4.02. The molecule has 0 fully saturated rings. The Hall–Kier alpha value is -1.78. The Morgan fingerprint density at radius 2 is 2.06 bits per heavy atom. The van der Waals surface area contributed by atoms with Crippen molar-refractivity contribution in [3.05, 3.63) is 23.7 Å². The molecule has 5 nitrogen and oxygen atoms in total. The Labute approximate surface area is 106 Å². The van der Waals surface area contributed by atoms with E-state index in [0.29, 0.717) is 6.54 Å². The third-order valence-electron chi connectivity index (χ3n) is 2.66. The fraction of sp³-hybridized carbons (Fsp3) is 0.538. The number of aryl methyl sites for hydroxylation is 1. The van der Waals surface area contributed by atoms with E-state index in [2.05, 4.69) is 0 Å². The monoisotopic (exact) mass is 253 g/mol. The van der Waals surface area contributed by atoms with E-state index in [0.717, 1.165) is 11.5 Å². The first-order chi connectivity index (χ1) is 8.38. The lowest BCUT2D eigenvalue weighted by Gasteiger charge is -2.17. The van der Waals surface area contributed by atoms with Gasteiger partial charge in [0.1, 0.15) is 11.5 Å². The third kappa shape index (κ3) is 4.61. The first kappa shape index (κ1) is 14.3. The van der Waals surface area contributed by atoms with Crippen LogP contribution in [0.3, 0.4) is 0 Å². The van der Waals surface area contributed by atoms with Crippen molar-refractivity contribution in [1.82, 2.24) is 4.90 Å². The zero-order chi connectivity index (χ0) is 13.7. The number of aliphatic carboxylic acids is 1. The number of furan rings is 1. The minimum Gasteiger partial charge on any atom is -0.481 e. The molecule has 1 atom stereocenters. The van der Waals surface area contributed by atoms with Gasteiger partial charge in [-0.15, -0.1) is 0 Å². The summed E-state index contributed by atoms with van der Waals surface area (Å²) in [4.78, 5) is 23.9. The first-order valence-corrected chi connectivity index (χ1v) is 5.89. The molecule has 0 saturated heterocycles. The molecule has 0 bridgehead atoms. The molecule has 1 aromatic heterocycles. The molecule has 0 aliphatic carbocycles. The van der Waals surface area contributed by atoms with Gasteiger partial charge >= 0.3 is 5.97 Å². The molecule has 5 heteroatoms. The highest BCUT2D eigenvalue weighted by Gasteiger charge is 2.16. The Balaban J connectivity index is 2.44. The van der Waals surface area contributed by atoms with Gasteiger partial charge in [-0.3, -0.25) is 9.59 Å². The van der Waals surface area contributed by atoms with Crippen LogP contribution in [0.1, 0.15) is 31.3 Å². The number of hydrogen-bond donors (Lipinski definition) is 1. The van der Waals surface area contributed by atoms with Crippen molar-refractivity contribution in [2.24, 2.45) is 5.92 Å². The summed E-state index contributed by atoms with van der Waals surface area (Å²) in [5.41, 5.74) is 0. The molecule has 1 amide bonds. The van der Waals surface area contributed by atoms with E-state index in [-0.39, 0.29) is 24.7 Å². The van der Waals surface area contributed by atoms with E-state index in [9.17, 15) is 9.59 Å². The maximum absolute atomic E-state index is 11.8. The minimum absolute atomic E-state index is 0.0133. The van der Waals surface area contributed by atoms with Gasteiger partial charge < -0.3 is 14.4 Å². The van der Waals surface area contributed by atoms with Crippen molar-refractivity contribution in [2.45, 2.75) is 33.2 Å². The molecule has 100 valence electrons. The third-order valence-corrected chi connectivity index (χ3v) is 2.66. The Kier molecular flexibility index (Phi) is 4.95. The van der Waals surface area contributed by atoms with Crippen LogP contribution in [0, 0.1) is 12.8 Å². The van der Waals surface area contributed by atoms with Crippen LogP contribution in [-0.4, -0.2) is 28.9 Å². The molecular formula is C13H19NO4. The minimum atomic E-state index is -0.875. The number of carbonyl (C=O) groups excluding carboxylic acids is 1. The van der Waals surface area contributed by atoms with Crippen molar-refractivity contribution in [2.75, 3.05) is 7.05 Å². The standard InChI is InChI=1S/C13H19NO4/c1-9(7-13(16)17)6-12(15)14(3)8-11-5-4-10(2)18-11/h4-5,9H,6-8H2,1-3H3,(H,16,17). The number of carbonyl (C=O) groups is 2. The van der Waals surface area contributed by atoms with Crippen LogP contribution < -0.4 is 0 Å². The summed E-state index contributed by atoms with van der Waals surface area (Å²) in [6, 6.07) is 3.68. The average Bonchev–Trinajstić information content (AvgIpc) is 2.62. The lowest BCUT2D eigenvalue weighted by Crippen LogP contribution is -2.27. The maximum atomic E-state index is 11.8. The fourth-order valence-corrected chi connectivity index (χ4v) is 1.72. The molecule has 1 N–H and O–H groups in total. The number of carboxylic acids is 1. The summed E-state index contributed by atoms with van der Waals surface area (Å²) in [7, 11) is 1.69. The molecule has 1 rings (SSSR count). The second-order valence-electron chi connectivity index (χ2n) is 4.67. The van der Waals surface area contributed by atoms with Gasteiger partial charge in [0.05, 0.1) is 6.54 Å². The number of amides is 1. The number of carboxylic acid groups (broad SMARTS) is 1. The zero-order valence-corrected chi connectivity index (χ0v) is 11.0. The van der Waals surface area contributed by atoms with Gasteiger partial charge in [0.2, 0.25) is 5.91 Å². The van der Waals surface area contributed by atoms with E-state index in [1.54, 1.807) is 18.9 Å². The highest BCUT2D eigenvalue weighted by molar-refractivity contribution is 5.77. The molecule has 1 unspecified atom stereocenters.